The van der Waals surface area contributed by atoms with Crippen molar-refractivity contribution < 1.29 is 4.79 Å². The normalized spacial score (nSPS) is 10.9. The summed E-state index contributed by atoms with van der Waals surface area (Å²) >= 11 is 1.66. The number of nitrogens with zero attached hydrogens (tertiary/aromatic N) is 1. The Kier molecular flexibility index (Phi) is 7.96. The van der Waals surface area contributed by atoms with Crippen molar-refractivity contribution in [2.24, 2.45) is 0 Å². The van der Waals surface area contributed by atoms with Crippen molar-refractivity contribution in [1.29, 1.82) is 0 Å². The molecule has 0 amide bonds. The maximum absolute atomic E-state index is 11.8. The summed E-state index contributed by atoms with van der Waals surface area (Å²) in [6.07, 6.45) is 10.1. The molecule has 1 heterocycles. The molecule has 0 unspecified atom stereocenters. The second-order valence-corrected chi connectivity index (χ2v) is 6.62. The third-order valence-electron chi connectivity index (χ3n) is 3.48. The molecule has 0 saturated carbocycles. The molecule has 3 heteroatoms. The number of Topliss-reactive ketones (excluding diaryl/α,β-unsaturated/α-hetero) is 1. The number of hydrogen-bond acceptors (Lipinski definition) is 3. The Morgan fingerprint density at radius 2 is 1.68 bits per heavy atom. The SMILES string of the molecule is CCCCCCCCCC(=O)Cc1nc(C)c(C)s1. The van der Waals surface area contributed by atoms with Crippen molar-refractivity contribution in [2.75, 3.05) is 0 Å². The molecule has 1 aromatic heterocycles. The molecular formula is C16H27NOS. The first kappa shape index (κ1) is 16.4. The van der Waals surface area contributed by atoms with Crippen LogP contribution in [-0.4, -0.2) is 10.8 Å². The minimum absolute atomic E-state index is 0.349. The second kappa shape index (κ2) is 9.24. The lowest BCUT2D eigenvalue weighted by atomic mass is 10.1. The summed E-state index contributed by atoms with van der Waals surface area (Å²) in [5.74, 6) is 0.349. The molecular weight excluding hydrogens is 254 g/mol. The average Bonchev–Trinajstić information content (AvgIpc) is 2.67. The van der Waals surface area contributed by atoms with Gasteiger partial charge in [0.1, 0.15) is 10.8 Å². The Bertz CT molecular complexity index is 365. The largest absolute Gasteiger partial charge is 0.299 e. The van der Waals surface area contributed by atoms with Crippen LogP contribution in [0, 0.1) is 13.8 Å². The Hall–Kier alpha value is -0.700. The van der Waals surface area contributed by atoms with E-state index in [-0.39, 0.29) is 0 Å². The topological polar surface area (TPSA) is 30.0 Å². The maximum Gasteiger partial charge on any atom is 0.139 e. The van der Waals surface area contributed by atoms with Gasteiger partial charge in [0.05, 0.1) is 12.1 Å². The zero-order valence-corrected chi connectivity index (χ0v) is 13.4. The smallest absolute Gasteiger partial charge is 0.139 e. The zero-order chi connectivity index (χ0) is 14.1. The molecule has 1 rings (SSSR count). The van der Waals surface area contributed by atoms with Gasteiger partial charge >= 0.3 is 0 Å². The molecule has 0 saturated heterocycles. The summed E-state index contributed by atoms with van der Waals surface area (Å²) < 4.78 is 0. The van der Waals surface area contributed by atoms with E-state index in [0.29, 0.717) is 12.2 Å². The molecule has 108 valence electrons. The lowest BCUT2D eigenvalue weighted by molar-refractivity contribution is -0.118. The van der Waals surface area contributed by atoms with Crippen LogP contribution in [0.1, 0.15) is 73.9 Å². The van der Waals surface area contributed by atoms with Gasteiger partial charge in [0.15, 0.2) is 0 Å². The standard InChI is InChI=1S/C16H27NOS/c1-4-5-6-7-8-9-10-11-15(18)12-16-17-13(2)14(3)19-16/h4-12H2,1-3H3. The van der Waals surface area contributed by atoms with E-state index in [4.69, 9.17) is 0 Å². The molecule has 19 heavy (non-hydrogen) atoms. The van der Waals surface area contributed by atoms with E-state index in [2.05, 4.69) is 18.8 Å². The van der Waals surface area contributed by atoms with E-state index >= 15 is 0 Å². The van der Waals surface area contributed by atoms with Crippen molar-refractivity contribution >= 4 is 17.1 Å². The van der Waals surface area contributed by atoms with Gasteiger partial charge in [-0.3, -0.25) is 4.79 Å². The van der Waals surface area contributed by atoms with Gasteiger partial charge in [0.25, 0.3) is 0 Å². The van der Waals surface area contributed by atoms with Crippen LogP contribution in [0.3, 0.4) is 0 Å². The van der Waals surface area contributed by atoms with Gasteiger partial charge in [-0.05, 0) is 20.3 Å². The second-order valence-electron chi connectivity index (χ2n) is 5.34. The van der Waals surface area contributed by atoms with Gasteiger partial charge in [-0.15, -0.1) is 11.3 Å². The molecule has 2 nitrogen and oxygen atoms in total. The average molecular weight is 281 g/mol. The van der Waals surface area contributed by atoms with Crippen LogP contribution in [0.15, 0.2) is 0 Å². The third-order valence-corrected chi connectivity index (χ3v) is 4.55. The van der Waals surface area contributed by atoms with Crippen molar-refractivity contribution in [1.82, 2.24) is 4.98 Å². The summed E-state index contributed by atoms with van der Waals surface area (Å²) in [6, 6.07) is 0. The minimum atomic E-state index is 0.349. The molecule has 0 aromatic carbocycles. The van der Waals surface area contributed by atoms with Gasteiger partial charge in [-0.2, -0.15) is 0 Å². The Morgan fingerprint density at radius 1 is 1.05 bits per heavy atom. The maximum atomic E-state index is 11.8. The fraction of sp³-hybridized carbons (Fsp3) is 0.750. The number of aryl methyl sites for hydroxylation is 2. The number of ketones is 1. The van der Waals surface area contributed by atoms with Crippen molar-refractivity contribution in [3.05, 3.63) is 15.6 Å². The van der Waals surface area contributed by atoms with Gasteiger partial charge in [-0.1, -0.05) is 45.4 Å². The lowest BCUT2D eigenvalue weighted by Crippen LogP contribution is -2.02. The van der Waals surface area contributed by atoms with Gasteiger partial charge < -0.3 is 0 Å². The quantitative estimate of drug-likeness (QED) is 0.564. The van der Waals surface area contributed by atoms with E-state index in [1.807, 2.05) is 6.92 Å². The fourth-order valence-corrected chi connectivity index (χ4v) is 3.11. The summed E-state index contributed by atoms with van der Waals surface area (Å²) in [5, 5.41) is 0.989. The van der Waals surface area contributed by atoms with Crippen LogP contribution in [0.5, 0.6) is 0 Å². The number of unbranched alkanes of at least 4 members (excludes halogenated alkanes) is 6. The van der Waals surface area contributed by atoms with Crippen molar-refractivity contribution in [3.8, 4) is 0 Å². The molecule has 0 radical (unpaired) electrons. The number of aromatic nitrogens is 1. The molecule has 0 N–H and O–H groups in total. The molecule has 0 atom stereocenters. The summed E-state index contributed by atoms with van der Waals surface area (Å²) in [7, 11) is 0. The van der Waals surface area contributed by atoms with E-state index in [1.165, 1.54) is 43.4 Å². The van der Waals surface area contributed by atoms with Crippen LogP contribution in [0.25, 0.3) is 0 Å². The molecule has 0 aliphatic rings. The molecule has 0 spiro atoms. The number of hydrogen-bond donors (Lipinski definition) is 0. The molecule has 1 aromatic rings. The van der Waals surface area contributed by atoms with E-state index in [1.54, 1.807) is 11.3 Å². The molecule has 0 aliphatic carbocycles. The minimum Gasteiger partial charge on any atom is -0.299 e. The predicted octanol–water partition coefficient (Wildman–Crippen LogP) is 5.01. The van der Waals surface area contributed by atoms with Crippen LogP contribution in [-0.2, 0) is 11.2 Å². The van der Waals surface area contributed by atoms with E-state index < -0.39 is 0 Å². The Labute approximate surface area is 121 Å². The van der Waals surface area contributed by atoms with Gasteiger partial charge in [0, 0.05) is 11.3 Å². The summed E-state index contributed by atoms with van der Waals surface area (Å²) in [5.41, 5.74) is 1.07. The first-order valence-electron chi connectivity index (χ1n) is 7.58. The molecule has 0 fully saturated rings. The van der Waals surface area contributed by atoms with E-state index in [9.17, 15) is 4.79 Å². The van der Waals surface area contributed by atoms with Gasteiger partial charge in [0.2, 0.25) is 0 Å². The number of carbonyl (C=O) groups is 1. The highest BCUT2D eigenvalue weighted by Crippen LogP contribution is 2.18. The Balaban J connectivity index is 2.08. The van der Waals surface area contributed by atoms with E-state index in [0.717, 1.165) is 23.5 Å². The monoisotopic (exact) mass is 281 g/mol. The number of carbonyl (C=O) groups excluding carboxylic acids is 1. The van der Waals surface area contributed by atoms with Crippen LogP contribution in [0.4, 0.5) is 0 Å². The number of thiazole rings is 1. The van der Waals surface area contributed by atoms with Crippen molar-refractivity contribution in [2.45, 2.75) is 78.6 Å². The first-order valence-corrected chi connectivity index (χ1v) is 8.39. The van der Waals surface area contributed by atoms with Crippen LogP contribution < -0.4 is 0 Å². The highest BCUT2D eigenvalue weighted by Gasteiger charge is 2.08. The lowest BCUT2D eigenvalue weighted by Gasteiger charge is -2.00. The highest BCUT2D eigenvalue weighted by molar-refractivity contribution is 7.11. The first-order chi connectivity index (χ1) is 9.13. The van der Waals surface area contributed by atoms with Crippen LogP contribution >= 0.6 is 11.3 Å². The fourth-order valence-electron chi connectivity index (χ4n) is 2.15. The van der Waals surface area contributed by atoms with Crippen molar-refractivity contribution in [3.63, 3.8) is 0 Å². The summed E-state index contributed by atoms with van der Waals surface area (Å²) in [4.78, 5) is 17.5. The molecule has 0 aliphatic heterocycles. The Morgan fingerprint density at radius 3 is 2.26 bits per heavy atom. The zero-order valence-electron chi connectivity index (χ0n) is 12.6. The number of rotatable bonds is 10. The van der Waals surface area contributed by atoms with Gasteiger partial charge in [-0.25, -0.2) is 4.98 Å². The third kappa shape index (κ3) is 6.86. The summed E-state index contributed by atoms with van der Waals surface area (Å²) in [6.45, 7) is 6.31. The highest BCUT2D eigenvalue weighted by atomic mass is 32.1. The predicted molar refractivity (Wildman–Crippen MR) is 82.9 cm³/mol. The molecule has 0 bridgehead atoms. The van der Waals surface area contributed by atoms with Crippen LogP contribution in [0.2, 0.25) is 0 Å².